The molecule has 150 valence electrons. The van der Waals surface area contributed by atoms with E-state index < -0.39 is 11.9 Å². The molecule has 5 rings (SSSR count). The van der Waals surface area contributed by atoms with Crippen LogP contribution in [0, 0.1) is 0 Å². The molecule has 0 fully saturated rings. The van der Waals surface area contributed by atoms with Crippen LogP contribution in [0.4, 0.5) is 5.13 Å². The third-order valence-corrected chi connectivity index (χ3v) is 6.81. The Morgan fingerprint density at radius 2 is 1.93 bits per heavy atom. The lowest BCUT2D eigenvalue weighted by Gasteiger charge is -2.22. The number of carbonyl (C=O) groups excluding carboxylic acids is 1. The number of benzene rings is 2. The molecule has 1 aliphatic rings. The highest BCUT2D eigenvalue weighted by Crippen LogP contribution is 2.42. The van der Waals surface area contributed by atoms with Gasteiger partial charge in [0.25, 0.3) is 5.91 Å². The van der Waals surface area contributed by atoms with E-state index in [0.717, 1.165) is 15.0 Å². The van der Waals surface area contributed by atoms with Crippen molar-refractivity contribution in [2.75, 3.05) is 4.90 Å². The number of amides is 1. The van der Waals surface area contributed by atoms with Crippen LogP contribution >= 0.6 is 38.9 Å². The second-order valence-corrected chi connectivity index (χ2v) is 9.17. The van der Waals surface area contributed by atoms with Gasteiger partial charge >= 0.3 is 0 Å². The smallest absolute Gasteiger partial charge is 0.297 e. The lowest BCUT2D eigenvalue weighted by Crippen LogP contribution is -2.29. The number of fused-ring (bicyclic) bond motifs is 2. The second kappa shape index (κ2) is 7.30. The zero-order valence-electron chi connectivity index (χ0n) is 15.6. The van der Waals surface area contributed by atoms with Crippen LogP contribution in [0.3, 0.4) is 0 Å². The molecule has 4 aromatic rings. The molecule has 2 aromatic heterocycles. The van der Waals surface area contributed by atoms with E-state index >= 15 is 0 Å². The Kier molecular flexibility index (Phi) is 4.72. The lowest BCUT2D eigenvalue weighted by atomic mass is 9.99. The maximum atomic E-state index is 13.5. The molecule has 9 heteroatoms. The van der Waals surface area contributed by atoms with Gasteiger partial charge in [0.15, 0.2) is 5.43 Å². The molecule has 0 unspecified atom stereocenters. The minimum Gasteiger partial charge on any atom is -0.450 e. The largest absolute Gasteiger partial charge is 0.450 e. The summed E-state index contributed by atoms with van der Waals surface area (Å²) in [4.78, 5) is 28.4. The zero-order valence-corrected chi connectivity index (χ0v) is 18.7. The molecule has 0 radical (unpaired) electrons. The summed E-state index contributed by atoms with van der Waals surface area (Å²) in [5.41, 5.74) is 1.09. The number of hydrogen-bond acceptors (Lipinski definition) is 6. The first-order chi connectivity index (χ1) is 14.5. The van der Waals surface area contributed by atoms with Crippen molar-refractivity contribution in [3.8, 4) is 0 Å². The molecule has 0 aliphatic carbocycles. The van der Waals surface area contributed by atoms with E-state index in [2.05, 4.69) is 26.1 Å². The van der Waals surface area contributed by atoms with Gasteiger partial charge in [-0.2, -0.15) is 0 Å². The quantitative estimate of drug-likeness (QED) is 0.376. The van der Waals surface area contributed by atoms with Crippen molar-refractivity contribution in [2.24, 2.45) is 0 Å². The molecule has 6 nitrogen and oxygen atoms in total. The minimum absolute atomic E-state index is 0.0241. The van der Waals surface area contributed by atoms with E-state index in [1.165, 1.54) is 16.2 Å². The molecule has 2 aromatic carbocycles. The molecule has 0 saturated carbocycles. The van der Waals surface area contributed by atoms with Crippen LogP contribution in [0.1, 0.15) is 39.7 Å². The first-order valence-electron chi connectivity index (χ1n) is 9.15. The molecule has 3 heterocycles. The Morgan fingerprint density at radius 3 is 2.63 bits per heavy atom. The van der Waals surface area contributed by atoms with Crippen LogP contribution in [-0.4, -0.2) is 16.1 Å². The monoisotopic (exact) mass is 501 g/mol. The Hall–Kier alpha value is -2.55. The zero-order chi connectivity index (χ0) is 21.0. The summed E-state index contributed by atoms with van der Waals surface area (Å²) in [6, 6.07) is 11.6. The summed E-state index contributed by atoms with van der Waals surface area (Å²) < 4.78 is 6.80. The van der Waals surface area contributed by atoms with E-state index in [1.807, 2.05) is 31.2 Å². The fraction of sp³-hybridized carbons (Fsp3) is 0.143. The normalized spacial score (nSPS) is 15.8. The SMILES string of the molecule is CCc1nnc(N2C(=O)c3oc4ccc(Cl)cc4c(=O)c3[C@H]2c2ccc(Br)cc2)s1. The number of halogens is 2. The maximum Gasteiger partial charge on any atom is 0.297 e. The van der Waals surface area contributed by atoms with Gasteiger partial charge in [-0.25, -0.2) is 0 Å². The summed E-state index contributed by atoms with van der Waals surface area (Å²) in [5, 5.41) is 10.4. The van der Waals surface area contributed by atoms with Gasteiger partial charge in [-0.15, -0.1) is 10.2 Å². The standard InChI is InChI=1S/C21H13BrClN3O3S/c1-2-15-24-25-21(30-15)26-17(10-3-5-11(22)6-4-10)16-18(27)13-9-12(23)7-8-14(13)29-19(16)20(26)28/h3-9,17H,2H2,1H3/t17-/m1/s1. The third kappa shape index (κ3) is 2.98. The second-order valence-electron chi connectivity index (χ2n) is 6.78. The summed E-state index contributed by atoms with van der Waals surface area (Å²) in [6.07, 6.45) is 0.704. The highest BCUT2D eigenvalue weighted by molar-refractivity contribution is 9.10. The van der Waals surface area contributed by atoms with Gasteiger partial charge in [0, 0.05) is 9.50 Å². The molecule has 30 heavy (non-hydrogen) atoms. The number of aromatic nitrogens is 2. The van der Waals surface area contributed by atoms with E-state index in [-0.39, 0.29) is 16.8 Å². The van der Waals surface area contributed by atoms with E-state index in [9.17, 15) is 9.59 Å². The molecule has 0 bridgehead atoms. The van der Waals surface area contributed by atoms with Crippen LogP contribution in [0.25, 0.3) is 11.0 Å². The fourth-order valence-corrected chi connectivity index (χ4v) is 4.83. The van der Waals surface area contributed by atoms with Crippen LogP contribution in [-0.2, 0) is 6.42 Å². The summed E-state index contributed by atoms with van der Waals surface area (Å²) in [6.45, 7) is 1.97. The van der Waals surface area contributed by atoms with Crippen molar-refractivity contribution in [1.29, 1.82) is 0 Å². The average Bonchev–Trinajstić information content (AvgIpc) is 3.32. The highest BCUT2D eigenvalue weighted by atomic mass is 79.9. The van der Waals surface area contributed by atoms with Gasteiger partial charge in [0.05, 0.1) is 17.0 Å². The Balaban J connectivity index is 1.80. The Bertz CT molecular complexity index is 1370. The topological polar surface area (TPSA) is 76.3 Å². The van der Waals surface area contributed by atoms with Crippen molar-refractivity contribution in [3.05, 3.63) is 84.1 Å². The van der Waals surface area contributed by atoms with Crippen LogP contribution in [0.15, 0.2) is 56.1 Å². The number of hydrogen-bond donors (Lipinski definition) is 0. The van der Waals surface area contributed by atoms with E-state index in [0.29, 0.717) is 27.5 Å². The molecular weight excluding hydrogens is 490 g/mol. The number of aryl methyl sites for hydroxylation is 1. The molecule has 1 amide bonds. The van der Waals surface area contributed by atoms with Gasteiger partial charge in [-0.05, 0) is 42.3 Å². The maximum absolute atomic E-state index is 13.5. The van der Waals surface area contributed by atoms with Crippen molar-refractivity contribution in [1.82, 2.24) is 10.2 Å². The molecule has 1 aliphatic heterocycles. The van der Waals surface area contributed by atoms with Crippen molar-refractivity contribution < 1.29 is 9.21 Å². The van der Waals surface area contributed by atoms with Gasteiger partial charge in [0.2, 0.25) is 10.9 Å². The molecular formula is C21H13BrClN3O3S. The highest BCUT2D eigenvalue weighted by Gasteiger charge is 2.45. The number of carbonyl (C=O) groups is 1. The van der Waals surface area contributed by atoms with Crippen molar-refractivity contribution in [2.45, 2.75) is 19.4 Å². The first kappa shape index (κ1) is 19.4. The molecule has 0 spiro atoms. The summed E-state index contributed by atoms with van der Waals surface area (Å²) >= 11 is 10.9. The predicted molar refractivity (Wildman–Crippen MR) is 120 cm³/mol. The number of nitrogens with zero attached hydrogens (tertiary/aromatic N) is 3. The van der Waals surface area contributed by atoms with Crippen molar-refractivity contribution in [3.63, 3.8) is 0 Å². The predicted octanol–water partition coefficient (Wildman–Crippen LogP) is 5.37. The minimum atomic E-state index is -0.669. The molecule has 0 saturated heterocycles. The van der Waals surface area contributed by atoms with Gasteiger partial charge in [-0.1, -0.05) is 57.9 Å². The number of rotatable bonds is 3. The Morgan fingerprint density at radius 1 is 1.17 bits per heavy atom. The fourth-order valence-electron chi connectivity index (χ4n) is 3.59. The number of anilines is 1. The van der Waals surface area contributed by atoms with Gasteiger partial charge < -0.3 is 4.42 Å². The van der Waals surface area contributed by atoms with Crippen molar-refractivity contribution >= 4 is 60.9 Å². The average molecular weight is 503 g/mol. The summed E-state index contributed by atoms with van der Waals surface area (Å²) in [5.74, 6) is -0.387. The molecule has 1 atom stereocenters. The lowest BCUT2D eigenvalue weighted by molar-refractivity contribution is 0.0970. The van der Waals surface area contributed by atoms with Crippen LogP contribution < -0.4 is 10.3 Å². The Labute approximate surface area is 188 Å². The third-order valence-electron chi connectivity index (χ3n) is 4.98. The summed E-state index contributed by atoms with van der Waals surface area (Å²) in [7, 11) is 0. The van der Waals surface area contributed by atoms with Gasteiger partial charge in [0.1, 0.15) is 10.6 Å². The van der Waals surface area contributed by atoms with E-state index in [1.54, 1.807) is 18.2 Å². The van der Waals surface area contributed by atoms with Crippen LogP contribution in [0.2, 0.25) is 5.02 Å². The van der Waals surface area contributed by atoms with Crippen LogP contribution in [0.5, 0.6) is 0 Å². The van der Waals surface area contributed by atoms with E-state index in [4.69, 9.17) is 16.0 Å². The first-order valence-corrected chi connectivity index (χ1v) is 11.1. The molecule has 0 N–H and O–H groups in total. The van der Waals surface area contributed by atoms with Gasteiger partial charge in [-0.3, -0.25) is 14.5 Å².